The fourth-order valence-electron chi connectivity index (χ4n) is 1.92. The second-order valence-electron chi connectivity index (χ2n) is 4.93. The molecule has 23 heavy (non-hydrogen) atoms. The van der Waals surface area contributed by atoms with Crippen LogP contribution in [-0.2, 0) is 17.6 Å². The summed E-state index contributed by atoms with van der Waals surface area (Å²) in [5.41, 5.74) is 6.92. The Labute approximate surface area is 134 Å². The van der Waals surface area contributed by atoms with Gasteiger partial charge < -0.3 is 15.2 Å². The maximum atomic E-state index is 11.0. The van der Waals surface area contributed by atoms with E-state index in [4.69, 9.17) is 15.2 Å². The Morgan fingerprint density at radius 1 is 1.09 bits per heavy atom. The molecule has 1 amide bonds. The van der Waals surface area contributed by atoms with Gasteiger partial charge in [-0.25, -0.2) is 0 Å². The van der Waals surface area contributed by atoms with Crippen LogP contribution in [-0.4, -0.2) is 27.2 Å². The molecule has 0 aliphatic carbocycles. The maximum Gasteiger partial charge on any atom is 0.341 e. The highest BCUT2D eigenvalue weighted by Gasteiger charge is 2.11. The van der Waals surface area contributed by atoms with Gasteiger partial charge in [-0.3, -0.25) is 4.79 Å². The van der Waals surface area contributed by atoms with Crippen molar-refractivity contribution in [3.63, 3.8) is 0 Å². The molecular formula is C16H20N4O3. The van der Waals surface area contributed by atoms with Gasteiger partial charge in [-0.2, -0.15) is 4.98 Å². The number of hydrogen-bond donors (Lipinski definition) is 1. The van der Waals surface area contributed by atoms with Crippen molar-refractivity contribution < 1.29 is 14.3 Å². The van der Waals surface area contributed by atoms with Crippen LogP contribution in [0.1, 0.15) is 32.2 Å². The van der Waals surface area contributed by atoms with E-state index in [2.05, 4.69) is 15.2 Å². The van der Waals surface area contributed by atoms with E-state index in [0.717, 1.165) is 24.2 Å². The maximum absolute atomic E-state index is 11.0. The number of hydrogen-bond acceptors (Lipinski definition) is 6. The van der Waals surface area contributed by atoms with Crippen LogP contribution in [0, 0.1) is 0 Å². The van der Waals surface area contributed by atoms with Crippen molar-refractivity contribution in [3.8, 4) is 17.5 Å². The first-order chi connectivity index (χ1) is 11.0. The first-order valence-electron chi connectivity index (χ1n) is 7.49. The lowest BCUT2D eigenvalue weighted by molar-refractivity contribution is -0.123. The summed E-state index contributed by atoms with van der Waals surface area (Å²) in [5.74, 6) is 0.559. The molecule has 0 fully saturated rings. The molecule has 0 aliphatic heterocycles. The topological polar surface area (TPSA) is 100 Å². The number of nitrogens with zero attached hydrogens (tertiary/aromatic N) is 3. The lowest BCUT2D eigenvalue weighted by Gasteiger charge is -2.11. The molecule has 0 bridgehead atoms. The van der Waals surface area contributed by atoms with Gasteiger partial charge in [0.25, 0.3) is 5.91 Å². The monoisotopic (exact) mass is 316 g/mol. The van der Waals surface area contributed by atoms with Crippen molar-refractivity contribution in [2.75, 3.05) is 0 Å². The largest absolute Gasteiger partial charge is 0.481 e. The summed E-state index contributed by atoms with van der Waals surface area (Å²) in [6.45, 7) is 5.62. The minimum atomic E-state index is -0.692. The highest BCUT2D eigenvalue weighted by molar-refractivity contribution is 5.78. The molecule has 2 aromatic rings. The molecule has 2 N–H and O–H groups in total. The van der Waals surface area contributed by atoms with Crippen molar-refractivity contribution in [3.05, 3.63) is 35.7 Å². The van der Waals surface area contributed by atoms with Crippen LogP contribution in [0.3, 0.4) is 0 Å². The van der Waals surface area contributed by atoms with Crippen LogP contribution in [0.2, 0.25) is 0 Å². The molecule has 0 radical (unpaired) electrons. The lowest BCUT2D eigenvalue weighted by atomic mass is 10.2. The van der Waals surface area contributed by atoms with E-state index in [0.29, 0.717) is 11.5 Å². The van der Waals surface area contributed by atoms with E-state index in [9.17, 15) is 4.79 Å². The molecule has 122 valence electrons. The first-order valence-corrected chi connectivity index (χ1v) is 7.49. The number of amides is 1. The van der Waals surface area contributed by atoms with Gasteiger partial charge >= 0.3 is 6.01 Å². The summed E-state index contributed by atoms with van der Waals surface area (Å²) in [7, 11) is 0. The van der Waals surface area contributed by atoms with Gasteiger partial charge in [0, 0.05) is 0 Å². The van der Waals surface area contributed by atoms with Crippen molar-refractivity contribution in [2.24, 2.45) is 5.73 Å². The first kappa shape index (κ1) is 16.7. The average molecular weight is 316 g/mol. The van der Waals surface area contributed by atoms with Gasteiger partial charge in [0.15, 0.2) is 6.10 Å². The molecule has 1 aromatic carbocycles. The predicted molar refractivity (Wildman–Crippen MR) is 84.4 cm³/mol. The van der Waals surface area contributed by atoms with Crippen molar-refractivity contribution in [2.45, 2.75) is 39.7 Å². The Hall–Kier alpha value is -2.70. The number of ether oxygens (including phenoxy) is 2. The molecule has 0 saturated carbocycles. The van der Waals surface area contributed by atoms with Crippen LogP contribution in [0.4, 0.5) is 0 Å². The van der Waals surface area contributed by atoms with Gasteiger partial charge in [-0.05, 0) is 44.0 Å². The molecule has 7 heteroatoms. The predicted octanol–water partition coefficient (Wildman–Crippen LogP) is 2.04. The number of primary amides is 1. The lowest BCUT2D eigenvalue weighted by Crippen LogP contribution is -2.30. The Kier molecular flexibility index (Phi) is 5.46. The van der Waals surface area contributed by atoms with Gasteiger partial charge in [0.05, 0.1) is 11.4 Å². The second kappa shape index (κ2) is 7.53. The van der Waals surface area contributed by atoms with Gasteiger partial charge in [0.1, 0.15) is 11.5 Å². The fraction of sp³-hybridized carbons (Fsp3) is 0.375. The summed E-state index contributed by atoms with van der Waals surface area (Å²) in [6, 6.07) is 6.97. The molecule has 1 atom stereocenters. The molecule has 2 rings (SSSR count). The molecule has 0 saturated heterocycles. The number of benzene rings is 1. The smallest absolute Gasteiger partial charge is 0.341 e. The molecule has 1 unspecified atom stereocenters. The SMILES string of the molecule is CCc1nnc(Oc2ccc(OC(C)C(N)=O)cc2)nc1CC. The molecule has 1 heterocycles. The Balaban J connectivity index is 2.07. The summed E-state index contributed by atoms with van der Waals surface area (Å²) >= 11 is 0. The van der Waals surface area contributed by atoms with Crippen LogP contribution < -0.4 is 15.2 Å². The Bertz CT molecular complexity index is 674. The van der Waals surface area contributed by atoms with Crippen molar-refractivity contribution in [1.29, 1.82) is 0 Å². The molecule has 7 nitrogen and oxygen atoms in total. The highest BCUT2D eigenvalue weighted by atomic mass is 16.5. The molecule has 1 aromatic heterocycles. The van der Waals surface area contributed by atoms with E-state index in [-0.39, 0.29) is 6.01 Å². The van der Waals surface area contributed by atoms with E-state index >= 15 is 0 Å². The van der Waals surface area contributed by atoms with Crippen LogP contribution in [0.5, 0.6) is 17.5 Å². The zero-order valence-corrected chi connectivity index (χ0v) is 13.4. The molecular weight excluding hydrogens is 296 g/mol. The Morgan fingerprint density at radius 2 is 1.70 bits per heavy atom. The van der Waals surface area contributed by atoms with E-state index in [1.807, 2.05) is 13.8 Å². The van der Waals surface area contributed by atoms with Gasteiger partial charge in [0.2, 0.25) is 0 Å². The second-order valence-corrected chi connectivity index (χ2v) is 4.93. The minimum Gasteiger partial charge on any atom is -0.481 e. The number of aromatic nitrogens is 3. The summed E-state index contributed by atoms with van der Waals surface area (Å²) < 4.78 is 11.0. The third-order valence-electron chi connectivity index (χ3n) is 3.24. The molecule has 0 spiro atoms. The third kappa shape index (κ3) is 4.38. The fourth-order valence-corrected chi connectivity index (χ4v) is 1.92. The normalized spacial score (nSPS) is 11.8. The van der Waals surface area contributed by atoms with Crippen LogP contribution in [0.25, 0.3) is 0 Å². The number of rotatable bonds is 7. The number of nitrogens with two attached hydrogens (primary N) is 1. The van der Waals surface area contributed by atoms with Gasteiger partial charge in [-0.1, -0.05) is 18.9 Å². The van der Waals surface area contributed by atoms with Gasteiger partial charge in [-0.15, -0.1) is 5.10 Å². The zero-order valence-electron chi connectivity index (χ0n) is 13.4. The van der Waals surface area contributed by atoms with Crippen molar-refractivity contribution in [1.82, 2.24) is 15.2 Å². The Morgan fingerprint density at radius 3 is 2.26 bits per heavy atom. The quantitative estimate of drug-likeness (QED) is 0.839. The summed E-state index contributed by atoms with van der Waals surface area (Å²) in [6.07, 6.45) is 0.864. The number of aryl methyl sites for hydroxylation is 2. The van der Waals surface area contributed by atoms with Crippen molar-refractivity contribution >= 4 is 5.91 Å². The number of carbonyl (C=O) groups excluding carboxylic acids is 1. The number of carbonyl (C=O) groups is 1. The summed E-state index contributed by atoms with van der Waals surface area (Å²) in [4.78, 5) is 15.3. The average Bonchev–Trinajstić information content (AvgIpc) is 2.56. The van der Waals surface area contributed by atoms with E-state index < -0.39 is 12.0 Å². The zero-order chi connectivity index (χ0) is 16.8. The highest BCUT2D eigenvalue weighted by Crippen LogP contribution is 2.22. The van der Waals surface area contributed by atoms with E-state index in [1.165, 1.54) is 0 Å². The minimum absolute atomic E-state index is 0.207. The van der Waals surface area contributed by atoms with Crippen LogP contribution in [0.15, 0.2) is 24.3 Å². The standard InChI is InChI=1S/C16H20N4O3/c1-4-13-14(5-2)19-20-16(18-13)23-12-8-6-11(7-9-12)22-10(3)15(17)21/h6-10H,4-5H2,1-3H3,(H2,17,21). The summed E-state index contributed by atoms with van der Waals surface area (Å²) in [5, 5.41) is 8.10. The van der Waals surface area contributed by atoms with E-state index in [1.54, 1.807) is 31.2 Å². The molecule has 0 aliphatic rings. The van der Waals surface area contributed by atoms with Crippen LogP contribution >= 0.6 is 0 Å². The third-order valence-corrected chi connectivity index (χ3v) is 3.24.